The number of nitrogens with one attached hydrogen (secondary N) is 1. The lowest BCUT2D eigenvalue weighted by atomic mass is 9.97. The van der Waals surface area contributed by atoms with E-state index in [1.165, 1.54) is 16.9 Å². The summed E-state index contributed by atoms with van der Waals surface area (Å²) in [4.78, 5) is 17.1. The van der Waals surface area contributed by atoms with Gasteiger partial charge in [0, 0.05) is 10.9 Å². The number of carbonyl (C=O) groups is 1. The van der Waals surface area contributed by atoms with E-state index in [4.69, 9.17) is 4.74 Å². The number of amides is 1. The van der Waals surface area contributed by atoms with Gasteiger partial charge in [0.05, 0.1) is 12.3 Å². The van der Waals surface area contributed by atoms with Crippen LogP contribution in [0, 0.1) is 0 Å². The molecule has 4 rings (SSSR count). The summed E-state index contributed by atoms with van der Waals surface area (Å²) in [6, 6.07) is 17.8. The molecule has 1 unspecified atom stereocenters. The third-order valence-corrected chi connectivity index (χ3v) is 4.79. The predicted molar refractivity (Wildman–Crippen MR) is 95.0 cm³/mol. The number of anilines is 1. The minimum Gasteiger partial charge on any atom is -0.363 e. The number of carbonyl (C=O) groups excluding carboxylic acids is 1. The van der Waals surface area contributed by atoms with Crippen LogP contribution in [0.2, 0.25) is 0 Å². The SMILES string of the molecule is O=C(Nc1nc(-c2ccccc2)cs1)C1OCCc2ccccc21. The maximum absolute atomic E-state index is 12.6. The Hall–Kier alpha value is -2.50. The van der Waals surface area contributed by atoms with Crippen molar-refractivity contribution in [2.45, 2.75) is 12.5 Å². The van der Waals surface area contributed by atoms with E-state index in [0.29, 0.717) is 11.7 Å². The van der Waals surface area contributed by atoms with Crippen molar-refractivity contribution in [1.29, 1.82) is 0 Å². The molecule has 0 fully saturated rings. The van der Waals surface area contributed by atoms with Crippen LogP contribution in [0.5, 0.6) is 0 Å². The fourth-order valence-electron chi connectivity index (χ4n) is 2.85. The van der Waals surface area contributed by atoms with Gasteiger partial charge in [-0.05, 0) is 17.5 Å². The van der Waals surface area contributed by atoms with Crippen LogP contribution in [0.25, 0.3) is 11.3 Å². The summed E-state index contributed by atoms with van der Waals surface area (Å²) in [5, 5.41) is 5.42. The highest BCUT2D eigenvalue weighted by Gasteiger charge is 2.27. The number of rotatable bonds is 3. The number of benzene rings is 2. The Morgan fingerprint density at radius 1 is 1.12 bits per heavy atom. The summed E-state index contributed by atoms with van der Waals surface area (Å²) in [5.74, 6) is -0.170. The second-order valence-corrected chi connectivity index (χ2v) is 6.45. The van der Waals surface area contributed by atoms with Gasteiger partial charge in [0.15, 0.2) is 11.2 Å². The Morgan fingerprint density at radius 3 is 2.79 bits per heavy atom. The predicted octanol–water partition coefficient (Wildman–Crippen LogP) is 4.06. The van der Waals surface area contributed by atoms with Crippen LogP contribution in [0.15, 0.2) is 60.0 Å². The molecule has 0 spiro atoms. The van der Waals surface area contributed by atoms with Gasteiger partial charge in [-0.2, -0.15) is 0 Å². The van der Waals surface area contributed by atoms with Crippen LogP contribution >= 0.6 is 11.3 Å². The first kappa shape index (κ1) is 15.1. The largest absolute Gasteiger partial charge is 0.363 e. The number of hydrogen-bond donors (Lipinski definition) is 1. The molecular weight excluding hydrogens is 320 g/mol. The Balaban J connectivity index is 1.53. The van der Waals surface area contributed by atoms with Crippen LogP contribution in [0.1, 0.15) is 17.2 Å². The zero-order valence-corrected chi connectivity index (χ0v) is 13.8. The lowest BCUT2D eigenvalue weighted by Gasteiger charge is -2.24. The Bertz CT molecular complexity index is 861. The molecule has 1 aliphatic rings. The highest BCUT2D eigenvalue weighted by molar-refractivity contribution is 7.14. The van der Waals surface area contributed by atoms with Crippen LogP contribution in [0.3, 0.4) is 0 Å². The smallest absolute Gasteiger partial charge is 0.259 e. The van der Waals surface area contributed by atoms with E-state index >= 15 is 0 Å². The quantitative estimate of drug-likeness (QED) is 0.784. The van der Waals surface area contributed by atoms with Crippen molar-refractivity contribution in [1.82, 2.24) is 4.98 Å². The van der Waals surface area contributed by atoms with Gasteiger partial charge in [0.1, 0.15) is 0 Å². The van der Waals surface area contributed by atoms with Crippen molar-refractivity contribution in [3.05, 3.63) is 71.1 Å². The van der Waals surface area contributed by atoms with Gasteiger partial charge in [-0.15, -0.1) is 11.3 Å². The molecule has 0 aliphatic carbocycles. The normalized spacial score (nSPS) is 16.4. The van der Waals surface area contributed by atoms with Crippen molar-refractivity contribution in [2.75, 3.05) is 11.9 Å². The third kappa shape index (κ3) is 2.96. The van der Waals surface area contributed by atoms with Crippen LogP contribution in [-0.2, 0) is 16.0 Å². The summed E-state index contributed by atoms with van der Waals surface area (Å²) in [6.07, 6.45) is 0.272. The van der Waals surface area contributed by atoms with Gasteiger partial charge < -0.3 is 4.74 Å². The molecule has 2 heterocycles. The zero-order chi connectivity index (χ0) is 16.4. The molecule has 0 saturated carbocycles. The first-order valence-corrected chi connectivity index (χ1v) is 8.70. The lowest BCUT2D eigenvalue weighted by Crippen LogP contribution is -2.28. The van der Waals surface area contributed by atoms with Gasteiger partial charge in [-0.1, -0.05) is 54.6 Å². The molecule has 24 heavy (non-hydrogen) atoms. The first-order valence-electron chi connectivity index (χ1n) is 7.82. The van der Waals surface area contributed by atoms with Gasteiger partial charge in [0.2, 0.25) is 0 Å². The van der Waals surface area contributed by atoms with Gasteiger partial charge in [-0.3, -0.25) is 10.1 Å². The highest BCUT2D eigenvalue weighted by Crippen LogP contribution is 2.29. The average Bonchev–Trinajstić information content (AvgIpc) is 3.10. The third-order valence-electron chi connectivity index (χ3n) is 4.04. The van der Waals surface area contributed by atoms with Gasteiger partial charge >= 0.3 is 0 Å². The summed E-state index contributed by atoms with van der Waals surface area (Å²) >= 11 is 1.42. The summed E-state index contributed by atoms with van der Waals surface area (Å²) in [6.45, 7) is 0.558. The molecule has 120 valence electrons. The number of ether oxygens (including phenoxy) is 1. The van der Waals surface area contributed by atoms with E-state index in [1.807, 2.05) is 53.9 Å². The van der Waals surface area contributed by atoms with E-state index in [1.54, 1.807) is 0 Å². The lowest BCUT2D eigenvalue weighted by molar-refractivity contribution is -0.128. The monoisotopic (exact) mass is 336 g/mol. The van der Waals surface area contributed by atoms with E-state index in [2.05, 4.69) is 16.4 Å². The van der Waals surface area contributed by atoms with Crippen molar-refractivity contribution >= 4 is 22.4 Å². The molecule has 1 aromatic heterocycles. The molecule has 1 N–H and O–H groups in total. The van der Waals surface area contributed by atoms with Crippen molar-refractivity contribution in [2.24, 2.45) is 0 Å². The second-order valence-electron chi connectivity index (χ2n) is 5.59. The minimum atomic E-state index is -0.570. The summed E-state index contributed by atoms with van der Waals surface area (Å²) in [7, 11) is 0. The average molecular weight is 336 g/mol. The summed E-state index contributed by atoms with van der Waals surface area (Å²) < 4.78 is 5.69. The molecule has 1 atom stereocenters. The second kappa shape index (κ2) is 6.55. The number of fused-ring (bicyclic) bond motifs is 1. The first-order chi connectivity index (χ1) is 11.8. The Morgan fingerprint density at radius 2 is 1.92 bits per heavy atom. The van der Waals surface area contributed by atoms with Gasteiger partial charge in [-0.25, -0.2) is 4.98 Å². The topological polar surface area (TPSA) is 51.2 Å². The van der Waals surface area contributed by atoms with Crippen LogP contribution in [-0.4, -0.2) is 17.5 Å². The molecule has 0 saturated heterocycles. The van der Waals surface area contributed by atoms with Crippen molar-refractivity contribution in [3.8, 4) is 11.3 Å². The van der Waals surface area contributed by atoms with E-state index in [-0.39, 0.29) is 5.91 Å². The molecule has 2 aromatic carbocycles. The Labute approximate surface area is 144 Å². The van der Waals surface area contributed by atoms with Crippen molar-refractivity contribution < 1.29 is 9.53 Å². The van der Waals surface area contributed by atoms with E-state index in [0.717, 1.165) is 23.2 Å². The fourth-order valence-corrected chi connectivity index (χ4v) is 3.58. The maximum atomic E-state index is 12.6. The highest BCUT2D eigenvalue weighted by atomic mass is 32.1. The molecule has 3 aromatic rings. The standard InChI is InChI=1S/C19H16N2O2S/c22-18(17-15-9-5-4-6-13(15)10-11-23-17)21-19-20-16(12-24-19)14-7-2-1-3-8-14/h1-9,12,17H,10-11H2,(H,20,21,22). The fraction of sp³-hybridized carbons (Fsp3) is 0.158. The van der Waals surface area contributed by atoms with E-state index in [9.17, 15) is 4.79 Å². The molecule has 1 amide bonds. The number of hydrogen-bond acceptors (Lipinski definition) is 4. The molecule has 4 nitrogen and oxygen atoms in total. The summed E-state index contributed by atoms with van der Waals surface area (Å²) in [5.41, 5.74) is 4.02. The molecular formula is C19H16N2O2S. The van der Waals surface area contributed by atoms with Crippen LogP contribution in [0.4, 0.5) is 5.13 Å². The van der Waals surface area contributed by atoms with E-state index < -0.39 is 6.10 Å². The van der Waals surface area contributed by atoms with Crippen LogP contribution < -0.4 is 5.32 Å². The Kier molecular flexibility index (Phi) is 4.11. The molecule has 5 heteroatoms. The van der Waals surface area contributed by atoms with Gasteiger partial charge in [0.25, 0.3) is 5.91 Å². The molecule has 1 aliphatic heterocycles. The number of aromatic nitrogens is 1. The number of thiazole rings is 1. The molecule has 0 radical (unpaired) electrons. The number of nitrogens with zero attached hydrogens (tertiary/aromatic N) is 1. The van der Waals surface area contributed by atoms with Crippen molar-refractivity contribution in [3.63, 3.8) is 0 Å². The maximum Gasteiger partial charge on any atom is 0.259 e. The zero-order valence-electron chi connectivity index (χ0n) is 12.9. The minimum absolute atomic E-state index is 0.170. The molecule has 0 bridgehead atoms.